The van der Waals surface area contributed by atoms with Crippen LogP contribution in [-0.2, 0) is 11.1 Å². The highest BCUT2D eigenvalue weighted by molar-refractivity contribution is 6.03. The topological polar surface area (TPSA) is 118 Å². The van der Waals surface area contributed by atoms with Crippen molar-refractivity contribution in [1.82, 2.24) is 10.0 Å². The summed E-state index contributed by atoms with van der Waals surface area (Å²) in [5, 5.41) is 2.66. The minimum absolute atomic E-state index is 0.304. The lowest BCUT2D eigenvalue weighted by Crippen LogP contribution is -2.53. The van der Waals surface area contributed by atoms with Crippen LogP contribution in [0.15, 0.2) is 97.1 Å². The van der Waals surface area contributed by atoms with E-state index in [0.29, 0.717) is 45.3 Å². The van der Waals surface area contributed by atoms with Crippen LogP contribution in [0, 0.1) is 0 Å². The Hall–Kier alpha value is -5.84. The third-order valence-corrected chi connectivity index (χ3v) is 11.5. The summed E-state index contributed by atoms with van der Waals surface area (Å²) in [5.74, 6) is 15.6. The van der Waals surface area contributed by atoms with Crippen LogP contribution in [0.4, 0.5) is 11.4 Å². The fourth-order valence-corrected chi connectivity index (χ4v) is 9.08. The average Bonchev–Trinajstić information content (AvgIpc) is 3.52. The Morgan fingerprint density at radius 3 is 1.29 bits per heavy atom. The molecular formula is C42H40N6O4. The van der Waals surface area contributed by atoms with Crippen LogP contribution in [0.3, 0.4) is 0 Å². The van der Waals surface area contributed by atoms with E-state index in [1.807, 2.05) is 84.9 Å². The first-order chi connectivity index (χ1) is 25.2. The zero-order valence-corrected chi connectivity index (χ0v) is 29.6. The fraction of sp³-hybridized carbons (Fsp3) is 0.238. The second-order valence-electron chi connectivity index (χ2n) is 13.6. The number of hydrogen-bond acceptors (Lipinski definition) is 8. The standard InChI is InChI=1S/C42H40N6O4/c1-5-45(6-2)25-17-19-31-35(21-25)51-37-24-38-34(23-33(37)41(31)29-15-11-9-13-27(29)39(49)47(41)43)42(30-16-12-10-14-28(30)40(50)48(42)44)32-20-18-26(22-36(32)52-38)46(7-3)8-4/h9-24H,5-8,43-44H2,1-4H3/t41-,42-/m1/s1. The van der Waals surface area contributed by atoms with Gasteiger partial charge in [-0.2, -0.15) is 0 Å². The molecule has 4 heterocycles. The van der Waals surface area contributed by atoms with E-state index in [4.69, 9.17) is 21.2 Å². The molecule has 0 saturated heterocycles. The van der Waals surface area contributed by atoms with Crippen molar-refractivity contribution in [3.63, 3.8) is 0 Å². The number of amides is 2. The molecule has 0 aliphatic carbocycles. The van der Waals surface area contributed by atoms with E-state index < -0.39 is 11.1 Å². The van der Waals surface area contributed by atoms with Crippen LogP contribution < -0.4 is 31.0 Å². The molecule has 262 valence electrons. The Bertz CT molecular complexity index is 2180. The van der Waals surface area contributed by atoms with Gasteiger partial charge in [-0.25, -0.2) is 11.7 Å². The maximum Gasteiger partial charge on any atom is 0.269 e. The SMILES string of the molecule is CCN(CC)c1ccc2c(c1)Oc1cc3c(cc1[C@@]21c2ccccc2C(=O)N1N)[C@]1(c2ccc(N(CC)CC)cc2O3)c2ccccc2C(=O)N1N. The molecule has 2 spiro atoms. The van der Waals surface area contributed by atoms with Crippen LogP contribution in [-0.4, -0.2) is 48.0 Å². The van der Waals surface area contributed by atoms with Gasteiger partial charge >= 0.3 is 0 Å². The number of fused-ring (bicyclic) bond motifs is 12. The van der Waals surface area contributed by atoms with Gasteiger partial charge in [0, 0.05) is 100 Å². The second kappa shape index (κ2) is 11.3. The molecular weight excluding hydrogens is 652 g/mol. The number of ether oxygens (including phenoxy) is 2. The third kappa shape index (κ3) is 3.85. The summed E-state index contributed by atoms with van der Waals surface area (Å²) in [4.78, 5) is 32.7. The lowest BCUT2D eigenvalue weighted by Gasteiger charge is -2.46. The van der Waals surface area contributed by atoms with Crippen LogP contribution >= 0.6 is 0 Å². The van der Waals surface area contributed by atoms with Gasteiger partial charge in [0.15, 0.2) is 0 Å². The molecule has 4 N–H and O–H groups in total. The lowest BCUT2D eigenvalue weighted by atomic mass is 9.70. The number of hydrogen-bond donors (Lipinski definition) is 2. The normalized spacial score (nSPS) is 20.1. The molecule has 0 aromatic heterocycles. The number of nitrogens with two attached hydrogens (primary N) is 2. The quantitative estimate of drug-likeness (QED) is 0.147. The van der Waals surface area contributed by atoms with Gasteiger partial charge in [0.1, 0.15) is 34.1 Å². The van der Waals surface area contributed by atoms with E-state index in [1.54, 1.807) is 0 Å². The highest BCUT2D eigenvalue weighted by atomic mass is 16.5. The molecule has 0 bridgehead atoms. The van der Waals surface area contributed by atoms with Crippen molar-refractivity contribution >= 4 is 23.2 Å². The minimum atomic E-state index is -1.26. The van der Waals surface area contributed by atoms with E-state index in [9.17, 15) is 9.59 Å². The molecule has 4 aliphatic rings. The van der Waals surface area contributed by atoms with Crippen LogP contribution in [0.1, 0.15) is 81.8 Å². The van der Waals surface area contributed by atoms with Crippen molar-refractivity contribution in [2.45, 2.75) is 38.8 Å². The highest BCUT2D eigenvalue weighted by Gasteiger charge is 2.60. The third-order valence-electron chi connectivity index (χ3n) is 11.5. The Kier molecular flexibility index (Phi) is 6.99. The number of rotatable bonds is 6. The fourth-order valence-electron chi connectivity index (χ4n) is 9.08. The first-order valence-electron chi connectivity index (χ1n) is 18.0. The van der Waals surface area contributed by atoms with Crippen molar-refractivity contribution in [2.24, 2.45) is 11.7 Å². The van der Waals surface area contributed by atoms with Gasteiger partial charge in [0.05, 0.1) is 0 Å². The van der Waals surface area contributed by atoms with Gasteiger partial charge in [-0.3, -0.25) is 19.6 Å². The van der Waals surface area contributed by atoms with Gasteiger partial charge in [0.2, 0.25) is 0 Å². The summed E-state index contributed by atoms with van der Waals surface area (Å²) in [6, 6.07) is 31.1. The summed E-state index contributed by atoms with van der Waals surface area (Å²) >= 11 is 0. The van der Waals surface area contributed by atoms with Crippen molar-refractivity contribution in [2.75, 3.05) is 36.0 Å². The maximum atomic E-state index is 14.1. The monoisotopic (exact) mass is 692 g/mol. The highest BCUT2D eigenvalue weighted by Crippen LogP contribution is 2.62. The second-order valence-corrected chi connectivity index (χ2v) is 13.6. The molecule has 0 unspecified atom stereocenters. The first kappa shape index (κ1) is 32.1. The number of carbonyl (C=O) groups excluding carboxylic acids is 2. The molecule has 52 heavy (non-hydrogen) atoms. The molecule has 2 amide bonds. The van der Waals surface area contributed by atoms with E-state index in [-0.39, 0.29) is 11.8 Å². The van der Waals surface area contributed by atoms with Crippen molar-refractivity contribution in [1.29, 1.82) is 0 Å². The summed E-state index contributed by atoms with van der Waals surface area (Å²) in [5.41, 5.74) is 4.73. The zero-order valence-electron chi connectivity index (χ0n) is 29.6. The van der Waals surface area contributed by atoms with Crippen LogP contribution in [0.2, 0.25) is 0 Å². The Morgan fingerprint density at radius 1 is 0.500 bits per heavy atom. The molecule has 10 nitrogen and oxygen atoms in total. The van der Waals surface area contributed by atoms with Crippen molar-refractivity contribution < 1.29 is 19.1 Å². The molecule has 0 fully saturated rings. The minimum Gasteiger partial charge on any atom is -0.456 e. The van der Waals surface area contributed by atoms with E-state index in [2.05, 4.69) is 49.6 Å². The molecule has 0 saturated carbocycles. The summed E-state index contributed by atoms with van der Waals surface area (Å²) in [6.07, 6.45) is 0. The summed E-state index contributed by atoms with van der Waals surface area (Å²) in [7, 11) is 0. The largest absolute Gasteiger partial charge is 0.456 e. The Labute approximate surface area is 302 Å². The lowest BCUT2D eigenvalue weighted by molar-refractivity contribution is 0.0662. The number of hydrazine groups is 2. The smallest absolute Gasteiger partial charge is 0.269 e. The van der Waals surface area contributed by atoms with E-state index >= 15 is 0 Å². The summed E-state index contributed by atoms with van der Waals surface area (Å²) < 4.78 is 13.7. The average molecular weight is 693 g/mol. The van der Waals surface area contributed by atoms with Crippen molar-refractivity contribution in [3.8, 4) is 23.0 Å². The Balaban J connectivity index is 1.37. The molecule has 10 heteroatoms. The van der Waals surface area contributed by atoms with E-state index in [1.165, 1.54) is 10.0 Å². The number of benzene rings is 5. The zero-order chi connectivity index (χ0) is 36.1. The molecule has 0 radical (unpaired) electrons. The predicted octanol–water partition coefficient (Wildman–Crippen LogP) is 6.83. The molecule has 2 atom stereocenters. The maximum absolute atomic E-state index is 14.1. The molecule has 5 aromatic rings. The Morgan fingerprint density at radius 2 is 0.885 bits per heavy atom. The molecule has 9 rings (SSSR count). The van der Waals surface area contributed by atoms with E-state index in [0.717, 1.165) is 59.8 Å². The van der Waals surface area contributed by atoms with Gasteiger partial charge in [-0.15, -0.1) is 0 Å². The van der Waals surface area contributed by atoms with Gasteiger partial charge in [0.25, 0.3) is 11.8 Å². The predicted molar refractivity (Wildman–Crippen MR) is 200 cm³/mol. The number of carbonyl (C=O) groups is 2. The van der Waals surface area contributed by atoms with Gasteiger partial charge in [-0.1, -0.05) is 48.5 Å². The van der Waals surface area contributed by atoms with Gasteiger partial charge in [-0.05, 0) is 58.0 Å². The van der Waals surface area contributed by atoms with Crippen LogP contribution in [0.5, 0.6) is 23.0 Å². The first-order valence-corrected chi connectivity index (χ1v) is 18.0. The van der Waals surface area contributed by atoms with Crippen molar-refractivity contribution in [3.05, 3.63) is 142 Å². The molecule has 4 aliphatic heterocycles. The van der Waals surface area contributed by atoms with Gasteiger partial charge < -0.3 is 19.3 Å². The number of anilines is 2. The molecule has 5 aromatic carbocycles. The number of nitrogens with zero attached hydrogens (tertiary/aromatic N) is 4. The summed E-state index contributed by atoms with van der Waals surface area (Å²) in [6.45, 7) is 11.7. The van der Waals surface area contributed by atoms with Crippen LogP contribution in [0.25, 0.3) is 0 Å².